The van der Waals surface area contributed by atoms with Crippen LogP contribution in [0.25, 0.3) is 10.2 Å². The van der Waals surface area contributed by atoms with Gasteiger partial charge in [0, 0.05) is 16.3 Å². The Morgan fingerprint density at radius 1 is 1.36 bits per heavy atom. The number of aromatic nitrogens is 4. The summed E-state index contributed by atoms with van der Waals surface area (Å²) >= 11 is 3.31. The summed E-state index contributed by atoms with van der Waals surface area (Å²) in [6.45, 7) is 8.06. The second-order valence-corrected chi connectivity index (χ2v) is 9.69. The Hall–Kier alpha value is -1.93. The minimum Gasteiger partial charge on any atom is -0.310 e. The highest BCUT2D eigenvalue weighted by Gasteiger charge is 2.25. The number of hydrogen-bond acceptors (Lipinski definition) is 6. The van der Waals surface area contributed by atoms with Crippen molar-refractivity contribution < 1.29 is 4.79 Å². The molecule has 1 amide bonds. The Balaban J connectivity index is 1.56. The molecule has 0 spiro atoms. The Morgan fingerprint density at radius 2 is 2.18 bits per heavy atom. The standard InChI is InChI=1S/C20H25N5OS2/c1-5-11(2)25-16(9-10-21-25)24-18(26)12(3)27-19-17-14-7-6-8-15(14)28-20(17)23-13(4)22-19/h9-12H,5-8H2,1-4H3,(H,24,26)/t11-,12-/m1/s1. The number of nitrogens with one attached hydrogen (secondary N) is 1. The van der Waals surface area contributed by atoms with Crippen molar-refractivity contribution in [1.82, 2.24) is 19.7 Å². The van der Waals surface area contributed by atoms with E-state index in [4.69, 9.17) is 4.98 Å². The molecule has 0 saturated carbocycles. The van der Waals surface area contributed by atoms with Crippen molar-refractivity contribution in [2.45, 2.75) is 69.7 Å². The summed E-state index contributed by atoms with van der Waals surface area (Å²) in [7, 11) is 0. The summed E-state index contributed by atoms with van der Waals surface area (Å²) in [6.07, 6.45) is 6.10. The molecule has 0 aliphatic heterocycles. The number of nitrogens with zero attached hydrogens (tertiary/aromatic N) is 4. The maximum atomic E-state index is 12.9. The molecule has 1 N–H and O–H groups in total. The summed E-state index contributed by atoms with van der Waals surface area (Å²) in [5.74, 6) is 1.47. The van der Waals surface area contributed by atoms with E-state index in [1.807, 2.05) is 24.6 Å². The monoisotopic (exact) mass is 415 g/mol. The van der Waals surface area contributed by atoms with Crippen molar-refractivity contribution in [3.8, 4) is 0 Å². The van der Waals surface area contributed by atoms with Gasteiger partial charge in [0.1, 0.15) is 21.5 Å². The number of amides is 1. The molecule has 0 saturated heterocycles. The van der Waals surface area contributed by atoms with Gasteiger partial charge < -0.3 is 5.32 Å². The van der Waals surface area contributed by atoms with Crippen LogP contribution in [-0.2, 0) is 17.6 Å². The zero-order valence-electron chi connectivity index (χ0n) is 16.7. The Kier molecular flexibility index (Phi) is 5.42. The minimum atomic E-state index is -0.269. The largest absolute Gasteiger partial charge is 0.310 e. The number of anilines is 1. The van der Waals surface area contributed by atoms with Crippen LogP contribution in [0.3, 0.4) is 0 Å². The van der Waals surface area contributed by atoms with Gasteiger partial charge in [-0.3, -0.25) is 4.79 Å². The third kappa shape index (κ3) is 3.55. The molecule has 4 rings (SSSR count). The van der Waals surface area contributed by atoms with Crippen LogP contribution >= 0.6 is 23.1 Å². The first-order valence-corrected chi connectivity index (χ1v) is 11.5. The van der Waals surface area contributed by atoms with Crippen LogP contribution < -0.4 is 5.32 Å². The molecule has 0 unspecified atom stereocenters. The summed E-state index contributed by atoms with van der Waals surface area (Å²) in [5, 5.41) is 9.20. The van der Waals surface area contributed by atoms with Gasteiger partial charge in [0.25, 0.3) is 0 Å². The van der Waals surface area contributed by atoms with E-state index in [1.54, 1.807) is 17.5 Å². The molecule has 0 fully saturated rings. The van der Waals surface area contributed by atoms with Crippen LogP contribution in [-0.4, -0.2) is 30.9 Å². The number of thiophene rings is 1. The zero-order chi connectivity index (χ0) is 19.8. The number of fused-ring (bicyclic) bond motifs is 3. The molecule has 3 aromatic rings. The van der Waals surface area contributed by atoms with E-state index >= 15 is 0 Å². The molecule has 1 aliphatic rings. The van der Waals surface area contributed by atoms with Crippen molar-refractivity contribution in [3.05, 3.63) is 28.5 Å². The molecule has 0 aromatic carbocycles. The molecule has 6 nitrogen and oxygen atoms in total. The van der Waals surface area contributed by atoms with E-state index in [0.29, 0.717) is 0 Å². The van der Waals surface area contributed by atoms with Crippen molar-refractivity contribution in [2.75, 3.05) is 5.32 Å². The molecule has 2 atom stereocenters. The van der Waals surface area contributed by atoms with Crippen LogP contribution in [0, 0.1) is 6.92 Å². The van der Waals surface area contributed by atoms with E-state index in [9.17, 15) is 4.79 Å². The highest BCUT2D eigenvalue weighted by molar-refractivity contribution is 8.00. The first kappa shape index (κ1) is 19.4. The molecule has 3 heterocycles. The maximum Gasteiger partial charge on any atom is 0.238 e. The van der Waals surface area contributed by atoms with Gasteiger partial charge in [-0.2, -0.15) is 5.10 Å². The highest BCUT2D eigenvalue weighted by atomic mass is 32.2. The normalized spacial score (nSPS) is 15.6. The van der Waals surface area contributed by atoms with E-state index in [-0.39, 0.29) is 17.2 Å². The van der Waals surface area contributed by atoms with Crippen molar-refractivity contribution in [1.29, 1.82) is 0 Å². The number of carbonyl (C=O) groups excluding carboxylic acids is 1. The average molecular weight is 416 g/mol. The van der Waals surface area contributed by atoms with E-state index in [1.165, 1.54) is 28.6 Å². The fourth-order valence-corrected chi connectivity index (χ4v) is 5.93. The topological polar surface area (TPSA) is 72.7 Å². The summed E-state index contributed by atoms with van der Waals surface area (Å²) in [5.41, 5.74) is 1.39. The van der Waals surface area contributed by atoms with Gasteiger partial charge >= 0.3 is 0 Å². The molecular weight excluding hydrogens is 390 g/mol. The Labute approximate surface area is 173 Å². The fraction of sp³-hybridized carbons (Fsp3) is 0.500. The Bertz CT molecular complexity index is 1030. The molecule has 8 heteroatoms. The zero-order valence-corrected chi connectivity index (χ0v) is 18.3. The second kappa shape index (κ2) is 7.83. The Morgan fingerprint density at radius 3 is 2.96 bits per heavy atom. The van der Waals surface area contributed by atoms with E-state index in [2.05, 4.69) is 29.2 Å². The number of carbonyl (C=O) groups is 1. The summed E-state index contributed by atoms with van der Waals surface area (Å²) < 4.78 is 1.87. The fourth-order valence-electron chi connectivity index (χ4n) is 3.54. The third-order valence-corrected chi connectivity index (χ3v) is 7.50. The van der Waals surface area contributed by atoms with Gasteiger partial charge in [0.2, 0.25) is 5.91 Å². The van der Waals surface area contributed by atoms with Crippen LogP contribution in [0.2, 0.25) is 0 Å². The van der Waals surface area contributed by atoms with Gasteiger partial charge in [0.15, 0.2) is 0 Å². The van der Waals surface area contributed by atoms with Gasteiger partial charge in [0.05, 0.1) is 17.5 Å². The van der Waals surface area contributed by atoms with E-state index < -0.39 is 0 Å². The predicted octanol–water partition coefficient (Wildman–Crippen LogP) is 4.78. The predicted molar refractivity (Wildman–Crippen MR) is 115 cm³/mol. The molecular formula is C20H25N5OS2. The van der Waals surface area contributed by atoms with Gasteiger partial charge in [-0.15, -0.1) is 11.3 Å². The quantitative estimate of drug-likeness (QED) is 0.463. The lowest BCUT2D eigenvalue weighted by Gasteiger charge is -2.16. The highest BCUT2D eigenvalue weighted by Crippen LogP contribution is 2.41. The van der Waals surface area contributed by atoms with Crippen molar-refractivity contribution in [2.24, 2.45) is 0 Å². The van der Waals surface area contributed by atoms with Gasteiger partial charge in [-0.1, -0.05) is 18.7 Å². The average Bonchev–Trinajstić information content (AvgIpc) is 3.36. The smallest absolute Gasteiger partial charge is 0.238 e. The lowest BCUT2D eigenvalue weighted by molar-refractivity contribution is -0.115. The number of aryl methyl sites for hydroxylation is 3. The van der Waals surface area contributed by atoms with Gasteiger partial charge in [-0.25, -0.2) is 14.6 Å². The lowest BCUT2D eigenvalue weighted by Crippen LogP contribution is -2.25. The first-order chi connectivity index (χ1) is 13.5. The van der Waals surface area contributed by atoms with Gasteiger partial charge in [-0.05, 0) is 52.0 Å². The van der Waals surface area contributed by atoms with Crippen LogP contribution in [0.4, 0.5) is 5.82 Å². The second-order valence-electron chi connectivity index (χ2n) is 7.28. The van der Waals surface area contributed by atoms with E-state index in [0.717, 1.165) is 46.1 Å². The molecule has 3 aromatic heterocycles. The minimum absolute atomic E-state index is 0.0358. The molecule has 28 heavy (non-hydrogen) atoms. The molecule has 148 valence electrons. The number of hydrogen-bond donors (Lipinski definition) is 1. The lowest BCUT2D eigenvalue weighted by atomic mass is 10.2. The van der Waals surface area contributed by atoms with Crippen molar-refractivity contribution in [3.63, 3.8) is 0 Å². The summed E-state index contributed by atoms with van der Waals surface area (Å²) in [6, 6.07) is 2.09. The summed E-state index contributed by atoms with van der Waals surface area (Å²) in [4.78, 5) is 24.7. The SMILES string of the molecule is CC[C@@H](C)n1nccc1NC(=O)[C@@H](C)Sc1nc(C)nc2sc3c(c12)CCC3. The third-order valence-electron chi connectivity index (χ3n) is 5.23. The molecule has 1 aliphatic carbocycles. The number of thioether (sulfide) groups is 1. The first-order valence-electron chi connectivity index (χ1n) is 9.77. The number of rotatable bonds is 6. The van der Waals surface area contributed by atoms with Crippen LogP contribution in [0.15, 0.2) is 17.3 Å². The van der Waals surface area contributed by atoms with Crippen molar-refractivity contribution >= 4 is 45.0 Å². The maximum absolute atomic E-state index is 12.9. The van der Waals surface area contributed by atoms with Crippen LogP contribution in [0.5, 0.6) is 0 Å². The molecule has 0 bridgehead atoms. The van der Waals surface area contributed by atoms with Crippen LogP contribution in [0.1, 0.15) is 55.9 Å². The molecule has 0 radical (unpaired) electrons.